The number of nitrogens with zero attached hydrogens (tertiary/aromatic N) is 3. The molecule has 1 N–H and O–H groups in total. The first-order valence-electron chi connectivity index (χ1n) is 8.31. The third-order valence-corrected chi connectivity index (χ3v) is 6.47. The molecule has 2 aliphatic rings. The Bertz CT molecular complexity index is 693. The molecular weight excluding hydrogens is 328 g/mol. The zero-order valence-electron chi connectivity index (χ0n) is 13.9. The second kappa shape index (κ2) is 7.08. The number of sulfonamides is 1. The average Bonchev–Trinajstić information content (AvgIpc) is 3.10. The number of urea groups is 1. The molecule has 2 fully saturated rings. The molecule has 132 valence electrons. The van der Waals surface area contributed by atoms with Crippen molar-refractivity contribution in [3.05, 3.63) is 24.3 Å². The molecule has 7 nitrogen and oxygen atoms in total. The van der Waals surface area contributed by atoms with Crippen LogP contribution in [0.25, 0.3) is 0 Å². The minimum absolute atomic E-state index is 0.165. The lowest BCUT2D eigenvalue weighted by molar-refractivity contribution is 0.222. The molecule has 1 aromatic carbocycles. The Morgan fingerprint density at radius 2 is 1.71 bits per heavy atom. The van der Waals surface area contributed by atoms with Gasteiger partial charge in [-0.3, -0.25) is 0 Å². The average molecular weight is 352 g/mol. The maximum absolute atomic E-state index is 12.8. The van der Waals surface area contributed by atoms with Gasteiger partial charge in [-0.15, -0.1) is 0 Å². The van der Waals surface area contributed by atoms with Crippen molar-refractivity contribution >= 4 is 21.7 Å². The van der Waals surface area contributed by atoms with Crippen molar-refractivity contribution in [3.8, 4) is 0 Å². The molecule has 2 aliphatic heterocycles. The number of carbonyl (C=O) groups is 1. The Labute approximate surface area is 143 Å². The van der Waals surface area contributed by atoms with Crippen molar-refractivity contribution in [1.82, 2.24) is 14.1 Å². The Balaban J connectivity index is 1.73. The van der Waals surface area contributed by atoms with E-state index in [1.54, 1.807) is 29.2 Å². The monoisotopic (exact) mass is 352 g/mol. The van der Waals surface area contributed by atoms with Crippen molar-refractivity contribution in [2.75, 3.05) is 51.6 Å². The van der Waals surface area contributed by atoms with Gasteiger partial charge >= 0.3 is 6.03 Å². The number of benzene rings is 1. The number of anilines is 1. The zero-order chi connectivity index (χ0) is 17.2. The highest BCUT2D eigenvalue weighted by Crippen LogP contribution is 2.21. The van der Waals surface area contributed by atoms with Crippen LogP contribution >= 0.6 is 0 Å². The maximum Gasteiger partial charge on any atom is 0.321 e. The van der Waals surface area contributed by atoms with Gasteiger partial charge in [0.25, 0.3) is 0 Å². The second-order valence-electron chi connectivity index (χ2n) is 6.36. The first-order chi connectivity index (χ1) is 11.5. The van der Waals surface area contributed by atoms with Gasteiger partial charge in [-0.05, 0) is 38.1 Å². The lowest BCUT2D eigenvalue weighted by atomic mass is 10.3. The summed E-state index contributed by atoms with van der Waals surface area (Å²) in [4.78, 5) is 16.3. The molecule has 1 aromatic rings. The fourth-order valence-electron chi connectivity index (χ4n) is 3.03. The minimum atomic E-state index is -3.52. The summed E-state index contributed by atoms with van der Waals surface area (Å²) in [7, 11) is -1.54. The van der Waals surface area contributed by atoms with Crippen molar-refractivity contribution < 1.29 is 13.2 Å². The molecule has 0 unspecified atom stereocenters. The number of hydrogen-bond acceptors (Lipinski definition) is 4. The van der Waals surface area contributed by atoms with Crippen LogP contribution in [0.4, 0.5) is 10.5 Å². The largest absolute Gasteiger partial charge is 0.325 e. The summed E-state index contributed by atoms with van der Waals surface area (Å²) in [6.45, 7) is 3.94. The number of nitrogens with one attached hydrogen (secondary N) is 1. The van der Waals surface area contributed by atoms with Gasteiger partial charge in [-0.1, -0.05) is 6.07 Å². The number of likely N-dealkylation sites (N-methyl/N-ethyl adjacent to an activating group) is 1. The van der Waals surface area contributed by atoms with Gasteiger partial charge in [0.1, 0.15) is 0 Å². The van der Waals surface area contributed by atoms with Gasteiger partial charge in [-0.25, -0.2) is 13.2 Å². The van der Waals surface area contributed by atoms with Crippen LogP contribution in [0.5, 0.6) is 0 Å². The third-order valence-electron chi connectivity index (χ3n) is 4.58. The van der Waals surface area contributed by atoms with Crippen LogP contribution in [0.3, 0.4) is 0 Å². The smallest absolute Gasteiger partial charge is 0.321 e. The van der Waals surface area contributed by atoms with E-state index in [4.69, 9.17) is 0 Å². The summed E-state index contributed by atoms with van der Waals surface area (Å²) in [6, 6.07) is 6.35. The molecule has 8 heteroatoms. The van der Waals surface area contributed by atoms with E-state index in [1.807, 2.05) is 7.05 Å². The van der Waals surface area contributed by atoms with E-state index in [1.165, 1.54) is 4.31 Å². The Hall–Kier alpha value is -1.64. The zero-order valence-corrected chi connectivity index (χ0v) is 14.8. The van der Waals surface area contributed by atoms with E-state index in [0.29, 0.717) is 18.8 Å². The second-order valence-corrected chi connectivity index (χ2v) is 8.30. The summed E-state index contributed by atoms with van der Waals surface area (Å²) >= 11 is 0. The molecule has 0 bridgehead atoms. The molecule has 0 radical (unpaired) electrons. The first-order valence-corrected chi connectivity index (χ1v) is 9.75. The molecule has 0 aromatic heterocycles. The van der Waals surface area contributed by atoms with Gasteiger partial charge in [0.2, 0.25) is 10.0 Å². The molecular formula is C16H24N4O3S. The van der Waals surface area contributed by atoms with Crippen LogP contribution in [-0.2, 0) is 10.0 Å². The van der Waals surface area contributed by atoms with Gasteiger partial charge in [0, 0.05) is 45.0 Å². The van der Waals surface area contributed by atoms with Crippen LogP contribution in [0, 0.1) is 0 Å². The Morgan fingerprint density at radius 3 is 2.38 bits per heavy atom. The normalized spacial score (nSPS) is 20.3. The van der Waals surface area contributed by atoms with Gasteiger partial charge < -0.3 is 15.1 Å². The molecule has 0 aliphatic carbocycles. The number of amides is 2. The van der Waals surface area contributed by atoms with Crippen LogP contribution in [0.1, 0.15) is 12.8 Å². The van der Waals surface area contributed by atoms with E-state index in [-0.39, 0.29) is 10.9 Å². The van der Waals surface area contributed by atoms with Gasteiger partial charge in [-0.2, -0.15) is 4.31 Å². The third kappa shape index (κ3) is 3.71. The first kappa shape index (κ1) is 17.2. The molecule has 24 heavy (non-hydrogen) atoms. The number of piperazine rings is 1. The highest BCUT2D eigenvalue weighted by Gasteiger charge is 2.27. The standard InChI is InChI=1S/C16H24N4O3S/c1-18-9-11-20(12-10-18)24(22,23)15-6-4-5-14(13-15)17-16(21)19-7-2-3-8-19/h4-6,13H,2-3,7-12H2,1H3,(H,17,21). The summed E-state index contributed by atoms with van der Waals surface area (Å²) in [5.41, 5.74) is 0.516. The van der Waals surface area contributed by atoms with Crippen LogP contribution < -0.4 is 5.32 Å². The molecule has 0 atom stereocenters. The molecule has 0 saturated carbocycles. The van der Waals surface area contributed by atoms with Crippen LogP contribution in [-0.4, -0.2) is 74.9 Å². The number of carbonyl (C=O) groups excluding carboxylic acids is 1. The van der Waals surface area contributed by atoms with Crippen molar-refractivity contribution in [2.24, 2.45) is 0 Å². The van der Waals surface area contributed by atoms with E-state index in [2.05, 4.69) is 10.2 Å². The van der Waals surface area contributed by atoms with Crippen molar-refractivity contribution in [2.45, 2.75) is 17.7 Å². The quantitative estimate of drug-likeness (QED) is 0.889. The fourth-order valence-corrected chi connectivity index (χ4v) is 4.50. The number of hydrogen-bond donors (Lipinski definition) is 1. The Morgan fingerprint density at radius 1 is 1.04 bits per heavy atom. The van der Waals surface area contributed by atoms with Crippen molar-refractivity contribution in [3.63, 3.8) is 0 Å². The number of rotatable bonds is 3. The minimum Gasteiger partial charge on any atom is -0.325 e. The topological polar surface area (TPSA) is 73.0 Å². The van der Waals surface area contributed by atoms with E-state index < -0.39 is 10.0 Å². The lowest BCUT2D eigenvalue weighted by Gasteiger charge is -2.31. The van der Waals surface area contributed by atoms with Crippen molar-refractivity contribution in [1.29, 1.82) is 0 Å². The summed E-state index contributed by atoms with van der Waals surface area (Å²) < 4.78 is 27.1. The molecule has 2 amide bonds. The van der Waals surface area contributed by atoms with Crippen LogP contribution in [0.2, 0.25) is 0 Å². The van der Waals surface area contributed by atoms with Crippen LogP contribution in [0.15, 0.2) is 29.2 Å². The fraction of sp³-hybridized carbons (Fsp3) is 0.562. The van der Waals surface area contributed by atoms with E-state index in [9.17, 15) is 13.2 Å². The molecule has 0 spiro atoms. The van der Waals surface area contributed by atoms with Gasteiger partial charge in [0.05, 0.1) is 4.90 Å². The molecule has 2 heterocycles. The highest BCUT2D eigenvalue weighted by atomic mass is 32.2. The predicted octanol–water partition coefficient (Wildman–Crippen LogP) is 1.25. The molecule has 2 saturated heterocycles. The lowest BCUT2D eigenvalue weighted by Crippen LogP contribution is -2.47. The number of likely N-dealkylation sites (tertiary alicyclic amines) is 1. The van der Waals surface area contributed by atoms with E-state index >= 15 is 0 Å². The van der Waals surface area contributed by atoms with E-state index in [0.717, 1.165) is 39.0 Å². The predicted molar refractivity (Wildman–Crippen MR) is 92.5 cm³/mol. The Kier molecular flexibility index (Phi) is 5.07. The summed E-state index contributed by atoms with van der Waals surface area (Å²) in [5, 5.41) is 2.80. The highest BCUT2D eigenvalue weighted by molar-refractivity contribution is 7.89. The maximum atomic E-state index is 12.8. The summed E-state index contributed by atoms with van der Waals surface area (Å²) in [6.07, 6.45) is 2.04. The SMILES string of the molecule is CN1CCN(S(=O)(=O)c2cccc(NC(=O)N3CCCC3)c2)CC1. The van der Waals surface area contributed by atoms with Gasteiger partial charge in [0.15, 0.2) is 0 Å². The molecule has 3 rings (SSSR count). The summed E-state index contributed by atoms with van der Waals surface area (Å²) in [5.74, 6) is 0.